The molecule has 2 aliphatic rings. The molecule has 0 aromatic heterocycles. The van der Waals surface area contributed by atoms with Crippen LogP contribution in [0.1, 0.15) is 33.8 Å². The van der Waals surface area contributed by atoms with Crippen molar-refractivity contribution in [3.05, 3.63) is 65.2 Å². The quantitative estimate of drug-likeness (QED) is 0.863. The van der Waals surface area contributed by atoms with Gasteiger partial charge in [0, 0.05) is 11.5 Å². The Balaban J connectivity index is 1.51. The molecule has 1 fully saturated rings. The second-order valence-electron chi connectivity index (χ2n) is 6.08. The SMILES string of the molecule is OC1CSC(c2ccc3c(c2)CCC(c2ccccc2)O3)SC1. The third kappa shape index (κ3) is 3.39. The van der Waals surface area contributed by atoms with E-state index in [-0.39, 0.29) is 12.2 Å². The van der Waals surface area contributed by atoms with E-state index in [4.69, 9.17) is 4.74 Å². The van der Waals surface area contributed by atoms with Crippen molar-refractivity contribution in [3.63, 3.8) is 0 Å². The summed E-state index contributed by atoms with van der Waals surface area (Å²) in [5.74, 6) is 2.70. The van der Waals surface area contributed by atoms with Crippen molar-refractivity contribution in [1.82, 2.24) is 0 Å². The first kappa shape index (κ1) is 15.4. The number of aliphatic hydroxyl groups is 1. The first-order valence-corrected chi connectivity index (χ1v) is 10.1. The number of hydrogen-bond acceptors (Lipinski definition) is 4. The van der Waals surface area contributed by atoms with Crippen LogP contribution >= 0.6 is 23.5 Å². The van der Waals surface area contributed by atoms with Crippen LogP contribution in [0.2, 0.25) is 0 Å². The minimum atomic E-state index is -0.158. The van der Waals surface area contributed by atoms with Crippen LogP contribution in [0.25, 0.3) is 0 Å². The zero-order valence-electron chi connectivity index (χ0n) is 12.9. The normalized spacial score (nSPS) is 27.1. The molecule has 4 rings (SSSR count). The molecule has 0 bridgehead atoms. The topological polar surface area (TPSA) is 29.5 Å². The Bertz CT molecular complexity index is 666. The van der Waals surface area contributed by atoms with Gasteiger partial charge in [0.05, 0.1) is 10.7 Å². The molecule has 2 aliphatic heterocycles. The molecule has 0 amide bonds. The van der Waals surface area contributed by atoms with Gasteiger partial charge in [0.1, 0.15) is 11.9 Å². The maximum absolute atomic E-state index is 9.64. The molecule has 120 valence electrons. The molecule has 2 aromatic rings. The molecule has 1 atom stereocenters. The van der Waals surface area contributed by atoms with E-state index < -0.39 is 0 Å². The molecule has 0 spiro atoms. The van der Waals surface area contributed by atoms with Crippen LogP contribution in [-0.4, -0.2) is 22.7 Å². The molecule has 2 nitrogen and oxygen atoms in total. The number of hydrogen-bond donors (Lipinski definition) is 1. The molecule has 1 N–H and O–H groups in total. The van der Waals surface area contributed by atoms with E-state index in [9.17, 15) is 5.11 Å². The van der Waals surface area contributed by atoms with E-state index in [0.717, 1.165) is 30.1 Å². The van der Waals surface area contributed by atoms with Gasteiger partial charge in [-0.2, -0.15) is 0 Å². The number of benzene rings is 2. The maximum Gasteiger partial charge on any atom is 0.124 e. The Hall–Kier alpha value is -1.10. The molecular formula is C19H20O2S2. The van der Waals surface area contributed by atoms with E-state index in [1.54, 1.807) is 0 Å². The molecule has 2 aromatic carbocycles. The molecule has 1 unspecified atom stereocenters. The summed E-state index contributed by atoms with van der Waals surface area (Å²) in [4.78, 5) is 0. The third-order valence-corrected chi connectivity index (χ3v) is 7.47. The second-order valence-corrected chi connectivity index (χ2v) is 8.65. The van der Waals surface area contributed by atoms with Gasteiger partial charge in [-0.05, 0) is 35.6 Å². The summed E-state index contributed by atoms with van der Waals surface area (Å²) in [5.41, 5.74) is 3.93. The summed E-state index contributed by atoms with van der Waals surface area (Å²) in [6.45, 7) is 0. The largest absolute Gasteiger partial charge is 0.485 e. The highest BCUT2D eigenvalue weighted by Gasteiger charge is 2.25. The Morgan fingerprint density at radius 2 is 1.74 bits per heavy atom. The highest BCUT2D eigenvalue weighted by molar-refractivity contribution is 8.17. The van der Waals surface area contributed by atoms with Gasteiger partial charge in [-0.3, -0.25) is 0 Å². The number of aryl methyl sites for hydroxylation is 1. The monoisotopic (exact) mass is 344 g/mol. The van der Waals surface area contributed by atoms with Crippen LogP contribution in [0, 0.1) is 0 Å². The smallest absolute Gasteiger partial charge is 0.124 e. The van der Waals surface area contributed by atoms with Gasteiger partial charge in [-0.25, -0.2) is 0 Å². The predicted octanol–water partition coefficient (Wildman–Crippen LogP) is 4.59. The average molecular weight is 345 g/mol. The lowest BCUT2D eigenvalue weighted by Crippen LogP contribution is -2.19. The molecule has 2 heterocycles. The Kier molecular flexibility index (Phi) is 4.56. The zero-order valence-corrected chi connectivity index (χ0v) is 14.5. The molecule has 0 aliphatic carbocycles. The van der Waals surface area contributed by atoms with Crippen molar-refractivity contribution >= 4 is 23.5 Å². The number of aliphatic hydroxyl groups excluding tert-OH is 1. The number of rotatable bonds is 2. The zero-order chi connectivity index (χ0) is 15.6. The van der Waals surface area contributed by atoms with E-state index in [2.05, 4.69) is 42.5 Å². The standard InChI is InChI=1S/C19H20O2S2/c20-16-11-22-19(23-12-16)15-7-9-18-14(10-15)6-8-17(21-18)13-4-2-1-3-5-13/h1-5,7,9-10,16-17,19-20H,6,8,11-12H2. The van der Waals surface area contributed by atoms with Crippen LogP contribution in [0.3, 0.4) is 0 Å². The highest BCUT2D eigenvalue weighted by Crippen LogP contribution is 2.45. The Labute approximate surface area is 145 Å². The minimum absolute atomic E-state index is 0.158. The first-order valence-electron chi connectivity index (χ1n) is 8.05. The van der Waals surface area contributed by atoms with Gasteiger partial charge in [-0.15, -0.1) is 23.5 Å². The van der Waals surface area contributed by atoms with Crippen LogP contribution in [0.4, 0.5) is 0 Å². The van der Waals surface area contributed by atoms with Gasteiger partial charge in [0.15, 0.2) is 0 Å². The van der Waals surface area contributed by atoms with Crippen LogP contribution in [0.15, 0.2) is 48.5 Å². The van der Waals surface area contributed by atoms with Crippen molar-refractivity contribution < 1.29 is 9.84 Å². The minimum Gasteiger partial charge on any atom is -0.485 e. The summed E-state index contributed by atoms with van der Waals surface area (Å²) < 4.78 is 6.66. The van der Waals surface area contributed by atoms with Crippen molar-refractivity contribution in [1.29, 1.82) is 0 Å². The lowest BCUT2D eigenvalue weighted by atomic mass is 9.96. The highest BCUT2D eigenvalue weighted by atomic mass is 32.2. The maximum atomic E-state index is 9.64. The van der Waals surface area contributed by atoms with Gasteiger partial charge in [0.2, 0.25) is 0 Å². The average Bonchev–Trinajstić information content (AvgIpc) is 2.62. The van der Waals surface area contributed by atoms with Crippen LogP contribution in [-0.2, 0) is 6.42 Å². The summed E-state index contributed by atoms with van der Waals surface area (Å²) in [6, 6.07) is 17.1. The number of thioether (sulfide) groups is 2. The Morgan fingerprint density at radius 1 is 0.957 bits per heavy atom. The van der Waals surface area contributed by atoms with E-state index in [1.165, 1.54) is 16.7 Å². The summed E-state index contributed by atoms with van der Waals surface area (Å²) in [5, 5.41) is 9.64. The molecule has 23 heavy (non-hydrogen) atoms. The number of fused-ring (bicyclic) bond motifs is 1. The van der Waals surface area contributed by atoms with E-state index in [1.807, 2.05) is 29.6 Å². The molecule has 0 saturated carbocycles. The fourth-order valence-corrected chi connectivity index (χ4v) is 5.86. The predicted molar refractivity (Wildman–Crippen MR) is 98.2 cm³/mol. The summed E-state index contributed by atoms with van der Waals surface area (Å²) in [7, 11) is 0. The van der Waals surface area contributed by atoms with Crippen molar-refractivity contribution in [2.45, 2.75) is 29.6 Å². The molecule has 4 heteroatoms. The van der Waals surface area contributed by atoms with Crippen molar-refractivity contribution in [2.24, 2.45) is 0 Å². The summed E-state index contributed by atoms with van der Waals surface area (Å²) >= 11 is 3.69. The fourth-order valence-electron chi connectivity index (χ4n) is 3.14. The molecule has 1 saturated heterocycles. The second kappa shape index (κ2) is 6.80. The van der Waals surface area contributed by atoms with Gasteiger partial charge < -0.3 is 9.84 Å². The molecule has 0 radical (unpaired) electrons. The van der Waals surface area contributed by atoms with Gasteiger partial charge >= 0.3 is 0 Å². The van der Waals surface area contributed by atoms with E-state index >= 15 is 0 Å². The van der Waals surface area contributed by atoms with Crippen molar-refractivity contribution in [3.8, 4) is 5.75 Å². The van der Waals surface area contributed by atoms with Crippen LogP contribution in [0.5, 0.6) is 5.75 Å². The van der Waals surface area contributed by atoms with Crippen LogP contribution < -0.4 is 4.74 Å². The first-order chi connectivity index (χ1) is 11.3. The third-order valence-electron chi connectivity index (χ3n) is 4.35. The molecular weight excluding hydrogens is 324 g/mol. The van der Waals surface area contributed by atoms with Crippen molar-refractivity contribution in [2.75, 3.05) is 11.5 Å². The lowest BCUT2D eigenvalue weighted by molar-refractivity contribution is 0.176. The lowest BCUT2D eigenvalue weighted by Gasteiger charge is -2.29. The van der Waals surface area contributed by atoms with Gasteiger partial charge in [0.25, 0.3) is 0 Å². The number of ether oxygens (including phenoxy) is 1. The van der Waals surface area contributed by atoms with E-state index in [0.29, 0.717) is 4.58 Å². The Morgan fingerprint density at radius 3 is 2.52 bits per heavy atom. The summed E-state index contributed by atoms with van der Waals surface area (Å²) in [6.07, 6.45) is 2.11. The fraction of sp³-hybridized carbons (Fsp3) is 0.368. The van der Waals surface area contributed by atoms with Gasteiger partial charge in [-0.1, -0.05) is 42.5 Å².